The number of hydrogen-bond donors (Lipinski definition) is 3. The summed E-state index contributed by atoms with van der Waals surface area (Å²) in [6.45, 7) is 31.7. The molecule has 37 heavy (non-hydrogen) atoms. The molecule has 206 valence electrons. The van der Waals surface area contributed by atoms with Crippen molar-refractivity contribution in [3.8, 4) is 10.4 Å². The number of nitrogens with zero attached hydrogens (tertiary/aromatic N) is 2. The van der Waals surface area contributed by atoms with Gasteiger partial charge in [0.1, 0.15) is 0 Å². The molecular formula is C31H51N5S. The summed E-state index contributed by atoms with van der Waals surface area (Å²) in [5.74, 6) is 0.741. The van der Waals surface area contributed by atoms with E-state index < -0.39 is 0 Å². The molecule has 0 bridgehead atoms. The van der Waals surface area contributed by atoms with Gasteiger partial charge < -0.3 is 21.3 Å². The normalized spacial score (nSPS) is 17.5. The Morgan fingerprint density at radius 1 is 1.22 bits per heavy atom. The van der Waals surface area contributed by atoms with Crippen LogP contribution in [0.5, 0.6) is 0 Å². The van der Waals surface area contributed by atoms with Crippen LogP contribution >= 0.6 is 11.3 Å². The van der Waals surface area contributed by atoms with Gasteiger partial charge in [-0.15, -0.1) is 11.3 Å². The highest BCUT2D eigenvalue weighted by Gasteiger charge is 2.35. The maximum atomic E-state index is 5.66. The minimum absolute atomic E-state index is 0.0841. The third-order valence-corrected chi connectivity index (χ3v) is 7.34. The van der Waals surface area contributed by atoms with Crippen molar-refractivity contribution >= 4 is 11.3 Å². The second-order valence-electron chi connectivity index (χ2n) is 10.6. The first-order valence-electron chi connectivity index (χ1n) is 13.4. The average Bonchev–Trinajstić information content (AvgIpc) is 3.45. The van der Waals surface area contributed by atoms with Gasteiger partial charge in [0.05, 0.1) is 22.1 Å². The second-order valence-corrected chi connectivity index (χ2v) is 11.5. The molecule has 6 heteroatoms. The fraction of sp³-hybridized carbons (Fsp3) is 0.516. The third kappa shape index (κ3) is 10.0. The largest absolute Gasteiger partial charge is 0.387 e. The summed E-state index contributed by atoms with van der Waals surface area (Å²) in [6, 6.07) is 9.29. The molecule has 1 unspecified atom stereocenters. The second kappa shape index (κ2) is 15.6. The summed E-state index contributed by atoms with van der Waals surface area (Å²) in [6.07, 6.45) is 2.95. The number of hydrogen-bond acceptors (Lipinski definition) is 6. The van der Waals surface area contributed by atoms with Crippen molar-refractivity contribution in [2.24, 2.45) is 17.1 Å². The predicted octanol–water partition coefficient (Wildman–Crippen LogP) is 7.08. The van der Waals surface area contributed by atoms with Crippen LogP contribution in [0.1, 0.15) is 66.1 Å². The van der Waals surface area contributed by atoms with Crippen LogP contribution in [0, 0.1) is 18.3 Å². The molecule has 0 spiro atoms. The van der Waals surface area contributed by atoms with E-state index in [9.17, 15) is 0 Å². The SMILES string of the molecule is C=C(CN)N[C@H](C(=C)N1C[C@H](C)CC1C)C(C)(C)C.C=CNCc1ccc(-c2scnc2C)cc1.CC. The maximum Gasteiger partial charge on any atom is 0.0801 e. The van der Waals surface area contributed by atoms with Crippen molar-refractivity contribution in [1.29, 1.82) is 0 Å². The molecule has 0 radical (unpaired) electrons. The van der Waals surface area contributed by atoms with E-state index in [0.717, 1.165) is 30.4 Å². The van der Waals surface area contributed by atoms with Gasteiger partial charge in [-0.2, -0.15) is 0 Å². The first kappa shape index (κ1) is 32.5. The highest BCUT2D eigenvalue weighted by Crippen LogP contribution is 2.33. The number of likely N-dealkylation sites (tertiary alicyclic amines) is 1. The van der Waals surface area contributed by atoms with Gasteiger partial charge in [0.2, 0.25) is 0 Å². The van der Waals surface area contributed by atoms with Gasteiger partial charge in [-0.3, -0.25) is 0 Å². The van der Waals surface area contributed by atoms with Crippen molar-refractivity contribution in [2.45, 2.75) is 80.4 Å². The fourth-order valence-electron chi connectivity index (χ4n) is 4.47. The molecule has 0 aliphatic carbocycles. The minimum Gasteiger partial charge on any atom is -0.387 e. The van der Waals surface area contributed by atoms with E-state index in [1.165, 1.54) is 28.1 Å². The van der Waals surface area contributed by atoms with Crippen LogP contribution < -0.4 is 16.4 Å². The summed E-state index contributed by atoms with van der Waals surface area (Å²) >= 11 is 1.68. The van der Waals surface area contributed by atoms with Crippen LogP contribution in [0.25, 0.3) is 10.4 Å². The van der Waals surface area contributed by atoms with E-state index in [0.29, 0.717) is 12.6 Å². The lowest BCUT2D eigenvalue weighted by atomic mass is 9.84. The Morgan fingerprint density at radius 2 is 1.84 bits per heavy atom. The monoisotopic (exact) mass is 525 g/mol. The zero-order valence-corrected chi connectivity index (χ0v) is 25.3. The zero-order valence-electron chi connectivity index (χ0n) is 24.5. The van der Waals surface area contributed by atoms with Crippen molar-refractivity contribution in [2.75, 3.05) is 13.1 Å². The highest BCUT2D eigenvalue weighted by atomic mass is 32.1. The molecule has 1 aromatic carbocycles. The van der Waals surface area contributed by atoms with Crippen LogP contribution in [0.4, 0.5) is 0 Å². The number of rotatable bonds is 9. The van der Waals surface area contributed by atoms with Crippen molar-refractivity contribution in [1.82, 2.24) is 20.5 Å². The lowest BCUT2D eigenvalue weighted by Crippen LogP contribution is -2.47. The molecule has 1 saturated heterocycles. The lowest BCUT2D eigenvalue weighted by Gasteiger charge is -2.40. The molecule has 2 aromatic rings. The first-order valence-corrected chi connectivity index (χ1v) is 14.3. The highest BCUT2D eigenvalue weighted by molar-refractivity contribution is 7.13. The van der Waals surface area contributed by atoms with Crippen LogP contribution in [-0.2, 0) is 6.54 Å². The summed E-state index contributed by atoms with van der Waals surface area (Å²) in [5.41, 5.74) is 13.3. The molecule has 4 N–H and O–H groups in total. The van der Waals surface area contributed by atoms with Crippen molar-refractivity contribution < 1.29 is 0 Å². The molecule has 5 nitrogen and oxygen atoms in total. The molecular weight excluding hydrogens is 474 g/mol. The molecule has 1 fully saturated rings. The maximum absolute atomic E-state index is 5.66. The van der Waals surface area contributed by atoms with Crippen molar-refractivity contribution in [3.63, 3.8) is 0 Å². The number of aromatic nitrogens is 1. The van der Waals surface area contributed by atoms with E-state index >= 15 is 0 Å². The summed E-state index contributed by atoms with van der Waals surface area (Å²) in [4.78, 5) is 7.95. The number of thiazole rings is 1. The number of aryl methyl sites for hydroxylation is 1. The smallest absolute Gasteiger partial charge is 0.0801 e. The molecule has 0 amide bonds. The van der Waals surface area contributed by atoms with Gasteiger partial charge in [0.15, 0.2) is 0 Å². The lowest BCUT2D eigenvalue weighted by molar-refractivity contribution is 0.233. The van der Waals surface area contributed by atoms with E-state index in [2.05, 4.69) is 99.1 Å². The molecule has 2 heterocycles. The van der Waals surface area contributed by atoms with Crippen LogP contribution in [0.2, 0.25) is 0 Å². The Kier molecular flexibility index (Phi) is 13.7. The Morgan fingerprint density at radius 3 is 2.27 bits per heavy atom. The van der Waals surface area contributed by atoms with Crippen LogP contribution in [0.15, 0.2) is 67.1 Å². The summed E-state index contributed by atoms with van der Waals surface area (Å²) in [7, 11) is 0. The van der Waals surface area contributed by atoms with E-state index in [-0.39, 0.29) is 11.5 Å². The van der Waals surface area contributed by atoms with E-state index in [4.69, 9.17) is 5.73 Å². The van der Waals surface area contributed by atoms with E-state index in [1.54, 1.807) is 17.5 Å². The molecule has 3 rings (SSSR count). The molecule has 1 aliphatic rings. The van der Waals surface area contributed by atoms with Gasteiger partial charge in [-0.1, -0.05) is 85.5 Å². The summed E-state index contributed by atoms with van der Waals surface area (Å²) in [5, 5.41) is 6.54. The van der Waals surface area contributed by atoms with Crippen LogP contribution in [-0.4, -0.2) is 35.1 Å². The Balaban J connectivity index is 0.000000350. The molecule has 1 aromatic heterocycles. The first-order chi connectivity index (χ1) is 17.5. The number of benzene rings is 1. The number of nitrogens with one attached hydrogen (secondary N) is 2. The topological polar surface area (TPSA) is 66.2 Å². The predicted molar refractivity (Wildman–Crippen MR) is 164 cm³/mol. The van der Waals surface area contributed by atoms with E-state index in [1.807, 2.05) is 26.3 Å². The van der Waals surface area contributed by atoms with Crippen LogP contribution in [0.3, 0.4) is 0 Å². The van der Waals surface area contributed by atoms with Gasteiger partial charge in [0, 0.05) is 37.1 Å². The van der Waals surface area contributed by atoms with Gasteiger partial charge in [-0.25, -0.2) is 4.98 Å². The molecule has 1 aliphatic heterocycles. The molecule has 3 atom stereocenters. The Bertz CT molecular complexity index is 970. The third-order valence-electron chi connectivity index (χ3n) is 6.36. The van der Waals surface area contributed by atoms with Gasteiger partial charge >= 0.3 is 0 Å². The Labute approximate surface area is 231 Å². The standard InChI is InChI=1S/C16H31N3.C13H14N2S.C2H6/c1-11-8-13(3)19(10-11)14(4)15(16(5,6)7)18-12(2)9-17;1-3-14-8-11-4-6-12(7-5-11)13-10(2)15-9-16-13;1-2/h11,13,15,18H,2,4,8-10,17H2,1,3,5-7H3;3-7,9,14H,1,8H2,2H3;1-2H3/t11-,13?,15-;;/m1../s1. The summed E-state index contributed by atoms with van der Waals surface area (Å²) < 4.78 is 0. The van der Waals surface area contributed by atoms with Crippen molar-refractivity contribution in [3.05, 3.63) is 78.4 Å². The zero-order chi connectivity index (χ0) is 28.2. The molecule has 0 saturated carbocycles. The quantitative estimate of drug-likeness (QED) is 0.326. The van der Waals surface area contributed by atoms with Gasteiger partial charge in [0.25, 0.3) is 0 Å². The number of nitrogens with two attached hydrogens (primary N) is 1. The fourth-order valence-corrected chi connectivity index (χ4v) is 5.28. The minimum atomic E-state index is 0.0841. The average molecular weight is 526 g/mol. The van der Waals surface area contributed by atoms with Gasteiger partial charge in [-0.05, 0) is 48.9 Å². The Hall–Kier alpha value is -2.57.